The SMILES string of the molecule is COc1cc(Cc2cnc(/N=C3/C(=O)N(CNc4ccc(S(=O)(=O)NC5C=C(C)ON5)cc4)c4ccc(C)cc43)nc2N)cc(OC)c1OC. The van der Waals surface area contributed by atoms with Gasteiger partial charge >= 0.3 is 0 Å². The van der Waals surface area contributed by atoms with Gasteiger partial charge in [0.25, 0.3) is 11.9 Å². The Morgan fingerprint density at radius 2 is 1.74 bits per heavy atom. The number of allylic oxidation sites excluding steroid dienone is 1. The van der Waals surface area contributed by atoms with Crippen molar-refractivity contribution in [1.29, 1.82) is 0 Å². The highest BCUT2D eigenvalue weighted by Crippen LogP contribution is 2.39. The lowest BCUT2D eigenvalue weighted by molar-refractivity contribution is -0.112. The number of carbonyl (C=O) groups is 1. The fourth-order valence-electron chi connectivity index (χ4n) is 5.52. The van der Waals surface area contributed by atoms with Gasteiger partial charge in [0.1, 0.15) is 23.5 Å². The Kier molecular flexibility index (Phi) is 9.59. The molecule has 3 aromatic carbocycles. The third kappa shape index (κ3) is 7.03. The topological polar surface area (TPSA) is 192 Å². The molecule has 0 bridgehead atoms. The molecular weight excluding hydrogens is 664 g/mol. The molecule has 1 unspecified atom stereocenters. The maximum Gasteiger partial charge on any atom is 0.279 e. The fraction of sp³-hybridized carbons (Fsp3) is 0.235. The van der Waals surface area contributed by atoms with E-state index in [1.807, 2.05) is 37.3 Å². The number of benzene rings is 3. The zero-order valence-corrected chi connectivity index (χ0v) is 28.8. The zero-order chi connectivity index (χ0) is 35.6. The third-order valence-electron chi connectivity index (χ3n) is 8.00. The van der Waals surface area contributed by atoms with E-state index < -0.39 is 16.2 Å². The molecule has 0 aliphatic carbocycles. The van der Waals surface area contributed by atoms with Crippen molar-refractivity contribution in [2.24, 2.45) is 4.99 Å². The minimum absolute atomic E-state index is 0.0391. The minimum Gasteiger partial charge on any atom is -0.493 e. The zero-order valence-electron chi connectivity index (χ0n) is 28.0. The summed E-state index contributed by atoms with van der Waals surface area (Å²) < 4.78 is 44.5. The maximum atomic E-state index is 13.8. The first kappa shape index (κ1) is 34.2. The van der Waals surface area contributed by atoms with E-state index in [2.05, 4.69) is 30.5 Å². The molecule has 0 radical (unpaired) electrons. The number of nitrogens with one attached hydrogen (secondary N) is 3. The average Bonchev–Trinajstić information content (AvgIpc) is 3.62. The van der Waals surface area contributed by atoms with Crippen LogP contribution in [0.2, 0.25) is 0 Å². The van der Waals surface area contributed by atoms with Crippen molar-refractivity contribution in [3.05, 3.63) is 94.9 Å². The van der Waals surface area contributed by atoms with Gasteiger partial charge in [-0.15, -0.1) is 5.48 Å². The molecule has 15 nitrogen and oxygen atoms in total. The predicted molar refractivity (Wildman–Crippen MR) is 187 cm³/mol. The van der Waals surface area contributed by atoms with E-state index in [0.717, 1.165) is 11.1 Å². The number of nitrogens with zero attached hydrogens (tertiary/aromatic N) is 4. The van der Waals surface area contributed by atoms with Gasteiger partial charge in [0, 0.05) is 29.4 Å². The Labute approximate surface area is 289 Å². The van der Waals surface area contributed by atoms with Gasteiger partial charge in [-0.25, -0.2) is 18.4 Å². The molecule has 260 valence electrons. The van der Waals surface area contributed by atoms with E-state index in [4.69, 9.17) is 24.8 Å². The second-order valence-corrected chi connectivity index (χ2v) is 13.2. The van der Waals surface area contributed by atoms with Crippen LogP contribution in [-0.2, 0) is 26.1 Å². The third-order valence-corrected chi connectivity index (χ3v) is 9.46. The number of ether oxygens (including phenoxy) is 3. The van der Waals surface area contributed by atoms with Gasteiger partial charge in [0.2, 0.25) is 15.8 Å². The number of anilines is 3. The molecule has 5 N–H and O–H groups in total. The number of nitrogen functional groups attached to an aromatic ring is 1. The monoisotopic (exact) mass is 700 g/mol. The van der Waals surface area contributed by atoms with Crippen molar-refractivity contribution >= 4 is 44.8 Å². The highest BCUT2D eigenvalue weighted by atomic mass is 32.2. The number of aliphatic imine (C=N–C) groups is 1. The first-order chi connectivity index (χ1) is 24.0. The van der Waals surface area contributed by atoms with E-state index in [9.17, 15) is 13.2 Å². The molecule has 0 fully saturated rings. The lowest BCUT2D eigenvalue weighted by Crippen LogP contribution is -2.40. The molecule has 1 amide bonds. The van der Waals surface area contributed by atoms with Crippen LogP contribution >= 0.6 is 0 Å². The summed E-state index contributed by atoms with van der Waals surface area (Å²) in [7, 11) is 0.812. The number of methoxy groups -OCH3 is 3. The van der Waals surface area contributed by atoms with E-state index in [1.165, 1.54) is 19.2 Å². The van der Waals surface area contributed by atoms with Crippen molar-refractivity contribution in [3.8, 4) is 17.2 Å². The number of nitrogens with two attached hydrogens (primary N) is 1. The number of aromatic nitrogens is 2. The smallest absolute Gasteiger partial charge is 0.279 e. The minimum atomic E-state index is -3.82. The summed E-state index contributed by atoms with van der Waals surface area (Å²) >= 11 is 0. The summed E-state index contributed by atoms with van der Waals surface area (Å²) in [5, 5.41) is 3.19. The molecule has 4 aromatic rings. The van der Waals surface area contributed by atoms with E-state index in [0.29, 0.717) is 51.9 Å². The van der Waals surface area contributed by atoms with Gasteiger partial charge in [-0.1, -0.05) is 11.6 Å². The molecule has 2 aliphatic rings. The Hall–Kier alpha value is -5.71. The highest BCUT2D eigenvalue weighted by Gasteiger charge is 2.34. The number of hydrogen-bond acceptors (Lipinski definition) is 13. The Morgan fingerprint density at radius 3 is 2.36 bits per heavy atom. The summed E-state index contributed by atoms with van der Waals surface area (Å²) in [4.78, 5) is 33.8. The van der Waals surface area contributed by atoms with Crippen LogP contribution < -0.4 is 40.4 Å². The number of aryl methyl sites for hydroxylation is 1. The van der Waals surface area contributed by atoms with Crippen LogP contribution in [-0.4, -0.2) is 64.2 Å². The summed E-state index contributed by atoms with van der Waals surface area (Å²) in [6.45, 7) is 3.72. The maximum absolute atomic E-state index is 13.8. The van der Waals surface area contributed by atoms with Crippen LogP contribution in [0.5, 0.6) is 17.2 Å². The largest absolute Gasteiger partial charge is 0.493 e. The van der Waals surface area contributed by atoms with Gasteiger partial charge in [-0.05, 0) is 74.0 Å². The standard InChI is InChI=1S/C34H36N8O7S/c1-19-6-11-26-25(12-19)30(38-34-36-17-22(32(35)39-34)14-21-15-27(46-3)31(48-5)28(16-21)47-4)33(43)42(26)18-37-23-7-9-24(10-8-23)50(44,45)41-29-13-20(2)49-40-29/h6-13,15-17,29,37,40-41H,14,18H2,1-5H3,(H2,35,36,39)/b38-30+. The molecule has 0 saturated carbocycles. The molecule has 6 rings (SSSR count). The molecule has 50 heavy (non-hydrogen) atoms. The number of amides is 1. The number of rotatable bonds is 12. The van der Waals surface area contributed by atoms with Crippen LogP contribution in [0.4, 0.5) is 23.1 Å². The molecule has 1 aromatic heterocycles. The van der Waals surface area contributed by atoms with Gasteiger partial charge in [-0.3, -0.25) is 9.69 Å². The average molecular weight is 701 g/mol. The van der Waals surface area contributed by atoms with Crippen LogP contribution in [0.25, 0.3) is 0 Å². The summed E-state index contributed by atoms with van der Waals surface area (Å²) in [5.41, 5.74) is 13.4. The van der Waals surface area contributed by atoms with Gasteiger partial charge in [-0.2, -0.15) is 9.71 Å². The quantitative estimate of drug-likeness (QED) is 0.168. The van der Waals surface area contributed by atoms with Crippen LogP contribution in [0.15, 0.2) is 82.5 Å². The van der Waals surface area contributed by atoms with E-state index >= 15 is 0 Å². The molecule has 2 aliphatic heterocycles. The molecule has 0 saturated heterocycles. The number of carbonyl (C=O) groups excluding carboxylic acids is 1. The first-order valence-corrected chi connectivity index (χ1v) is 16.9. The molecular formula is C34H36N8O7S. The predicted octanol–water partition coefficient (Wildman–Crippen LogP) is 3.56. The van der Waals surface area contributed by atoms with Crippen molar-refractivity contribution in [3.63, 3.8) is 0 Å². The van der Waals surface area contributed by atoms with E-state index in [-0.39, 0.29) is 34.9 Å². The summed E-state index contributed by atoms with van der Waals surface area (Å²) in [6, 6.07) is 15.5. The van der Waals surface area contributed by atoms with Gasteiger partial charge < -0.3 is 30.1 Å². The Morgan fingerprint density at radius 1 is 1.02 bits per heavy atom. The summed E-state index contributed by atoms with van der Waals surface area (Å²) in [5.74, 6) is 1.95. The van der Waals surface area contributed by atoms with Crippen molar-refractivity contribution in [2.75, 3.05) is 43.9 Å². The molecule has 3 heterocycles. The van der Waals surface area contributed by atoms with Crippen LogP contribution in [0.3, 0.4) is 0 Å². The number of sulfonamides is 1. The molecule has 1 atom stereocenters. The van der Waals surface area contributed by atoms with Crippen LogP contribution in [0.1, 0.15) is 29.2 Å². The first-order valence-electron chi connectivity index (χ1n) is 15.4. The van der Waals surface area contributed by atoms with Gasteiger partial charge in [0.15, 0.2) is 11.5 Å². The second-order valence-electron chi connectivity index (χ2n) is 11.5. The molecule has 0 spiro atoms. The highest BCUT2D eigenvalue weighted by molar-refractivity contribution is 7.89. The fourth-order valence-corrected chi connectivity index (χ4v) is 6.61. The Balaban J connectivity index is 1.18. The number of hydroxylamine groups is 1. The lowest BCUT2D eigenvalue weighted by atomic mass is 10.1. The number of fused-ring (bicyclic) bond motifs is 1. The summed E-state index contributed by atoms with van der Waals surface area (Å²) in [6.07, 6.45) is 2.91. The van der Waals surface area contributed by atoms with Crippen molar-refractivity contribution in [1.82, 2.24) is 20.2 Å². The van der Waals surface area contributed by atoms with E-state index in [1.54, 1.807) is 50.4 Å². The van der Waals surface area contributed by atoms with Crippen molar-refractivity contribution < 1.29 is 32.3 Å². The second kappa shape index (κ2) is 14.0. The Bertz CT molecular complexity index is 2100. The number of hydrogen-bond donors (Lipinski definition) is 4. The lowest BCUT2D eigenvalue weighted by Gasteiger charge is -2.18. The van der Waals surface area contributed by atoms with Crippen molar-refractivity contribution in [2.45, 2.75) is 31.3 Å². The van der Waals surface area contributed by atoms with Gasteiger partial charge in [0.05, 0.1) is 38.6 Å². The molecule has 16 heteroatoms. The van der Waals surface area contributed by atoms with Crippen LogP contribution in [0, 0.1) is 6.92 Å². The normalized spacial score (nSPS) is 16.2.